The molecule has 0 bridgehead atoms. The first-order valence-electron chi connectivity index (χ1n) is 9.17. The lowest BCUT2D eigenvalue weighted by Crippen LogP contribution is -2.23. The van der Waals surface area contributed by atoms with Crippen LogP contribution in [-0.2, 0) is 23.3 Å². The first-order valence-corrected chi connectivity index (χ1v) is 9.17. The van der Waals surface area contributed by atoms with Gasteiger partial charge in [-0.2, -0.15) is 5.10 Å². The van der Waals surface area contributed by atoms with Crippen LogP contribution in [0.25, 0.3) is 33.5 Å². The number of fused-ring (bicyclic) bond motifs is 2. The van der Waals surface area contributed by atoms with Crippen LogP contribution >= 0.6 is 0 Å². The summed E-state index contributed by atoms with van der Waals surface area (Å²) in [6, 6.07) is 8.11. The lowest BCUT2D eigenvalue weighted by molar-refractivity contribution is -0.156. The predicted molar refractivity (Wildman–Crippen MR) is 108 cm³/mol. The molecule has 3 heterocycles. The van der Waals surface area contributed by atoms with Crippen LogP contribution in [0, 0.1) is 12.3 Å². The fourth-order valence-corrected chi connectivity index (χ4v) is 3.08. The van der Waals surface area contributed by atoms with Gasteiger partial charge in [-0.15, -0.1) is 0 Å². The van der Waals surface area contributed by atoms with Gasteiger partial charge in [0.1, 0.15) is 16.9 Å². The maximum Gasteiger partial charge on any atom is 0.312 e. The van der Waals surface area contributed by atoms with Crippen molar-refractivity contribution in [3.63, 3.8) is 0 Å². The SMILES string of the molecule is Cc1ccc2c(-c3cnc4c(ccn4COC(=O)C(C)(C)C)n3)nn(C)c2c1. The molecule has 0 atom stereocenters. The Morgan fingerprint density at radius 2 is 2.00 bits per heavy atom. The van der Waals surface area contributed by atoms with Gasteiger partial charge in [0, 0.05) is 18.6 Å². The topological polar surface area (TPSA) is 74.8 Å². The monoisotopic (exact) mass is 377 g/mol. The van der Waals surface area contributed by atoms with Crippen LogP contribution < -0.4 is 0 Å². The quantitative estimate of drug-likeness (QED) is 0.507. The van der Waals surface area contributed by atoms with E-state index >= 15 is 0 Å². The maximum absolute atomic E-state index is 12.0. The van der Waals surface area contributed by atoms with Gasteiger partial charge >= 0.3 is 5.97 Å². The summed E-state index contributed by atoms with van der Waals surface area (Å²) >= 11 is 0. The number of carbonyl (C=O) groups is 1. The Bertz CT molecular complexity index is 1200. The average molecular weight is 377 g/mol. The van der Waals surface area contributed by atoms with Crippen LogP contribution in [0.2, 0.25) is 0 Å². The molecule has 0 aliphatic heterocycles. The molecule has 0 aliphatic carbocycles. The number of carbonyl (C=O) groups excluding carboxylic acids is 1. The second-order valence-corrected chi connectivity index (χ2v) is 8.05. The summed E-state index contributed by atoms with van der Waals surface area (Å²) in [7, 11) is 1.93. The molecule has 0 saturated heterocycles. The van der Waals surface area contributed by atoms with E-state index in [2.05, 4.69) is 35.2 Å². The molecular formula is C21H23N5O2. The zero-order valence-corrected chi connectivity index (χ0v) is 16.7. The molecule has 0 fully saturated rings. The van der Waals surface area contributed by atoms with Crippen molar-refractivity contribution >= 4 is 28.0 Å². The molecule has 0 amide bonds. The second kappa shape index (κ2) is 6.44. The van der Waals surface area contributed by atoms with E-state index in [0.29, 0.717) is 11.3 Å². The number of rotatable bonds is 3. The summed E-state index contributed by atoms with van der Waals surface area (Å²) in [5, 5.41) is 5.68. The normalized spacial score (nSPS) is 12.0. The molecule has 1 aromatic carbocycles. The van der Waals surface area contributed by atoms with Crippen molar-refractivity contribution < 1.29 is 9.53 Å². The van der Waals surface area contributed by atoms with Crippen LogP contribution in [0.15, 0.2) is 36.7 Å². The molecule has 0 saturated carbocycles. The molecule has 0 radical (unpaired) electrons. The van der Waals surface area contributed by atoms with Gasteiger partial charge in [-0.25, -0.2) is 9.97 Å². The number of esters is 1. The number of nitrogens with zero attached hydrogens (tertiary/aromatic N) is 5. The molecule has 4 aromatic rings. The van der Waals surface area contributed by atoms with Gasteiger partial charge in [-0.05, 0) is 45.4 Å². The molecule has 0 aliphatic rings. The average Bonchev–Trinajstić information content (AvgIpc) is 3.19. The highest BCUT2D eigenvalue weighted by Crippen LogP contribution is 2.28. The Kier molecular flexibility index (Phi) is 4.18. The third-order valence-electron chi connectivity index (χ3n) is 4.66. The number of benzene rings is 1. The minimum atomic E-state index is -0.541. The van der Waals surface area contributed by atoms with Crippen LogP contribution in [0.4, 0.5) is 0 Å². The van der Waals surface area contributed by atoms with Crippen LogP contribution in [0.5, 0.6) is 0 Å². The third kappa shape index (κ3) is 3.13. The minimum absolute atomic E-state index is 0.111. The van der Waals surface area contributed by atoms with Crippen LogP contribution in [0.3, 0.4) is 0 Å². The smallest absolute Gasteiger partial charge is 0.312 e. The summed E-state index contributed by atoms with van der Waals surface area (Å²) in [4.78, 5) is 21.3. The van der Waals surface area contributed by atoms with Crippen molar-refractivity contribution in [2.24, 2.45) is 12.5 Å². The Balaban J connectivity index is 1.68. The first-order chi connectivity index (χ1) is 13.2. The minimum Gasteiger partial charge on any atom is -0.443 e. The summed E-state index contributed by atoms with van der Waals surface area (Å²) in [6.07, 6.45) is 3.54. The van der Waals surface area contributed by atoms with Crippen molar-refractivity contribution in [1.29, 1.82) is 0 Å². The summed E-state index contributed by atoms with van der Waals surface area (Å²) in [5.74, 6) is -0.255. The molecule has 7 nitrogen and oxygen atoms in total. The highest BCUT2D eigenvalue weighted by Gasteiger charge is 2.23. The maximum atomic E-state index is 12.0. The summed E-state index contributed by atoms with van der Waals surface area (Å²) in [6.45, 7) is 7.65. The van der Waals surface area contributed by atoms with E-state index in [1.807, 2.05) is 44.8 Å². The number of aromatic nitrogens is 5. The Morgan fingerprint density at radius 1 is 1.21 bits per heavy atom. The zero-order chi connectivity index (χ0) is 20.1. The summed E-state index contributed by atoms with van der Waals surface area (Å²) < 4.78 is 9.02. The second-order valence-electron chi connectivity index (χ2n) is 8.05. The molecule has 28 heavy (non-hydrogen) atoms. The van der Waals surface area contributed by atoms with Gasteiger partial charge in [0.15, 0.2) is 12.4 Å². The van der Waals surface area contributed by atoms with E-state index in [4.69, 9.17) is 9.72 Å². The Morgan fingerprint density at radius 3 is 2.75 bits per heavy atom. The zero-order valence-electron chi connectivity index (χ0n) is 16.7. The van der Waals surface area contributed by atoms with Gasteiger partial charge in [0.25, 0.3) is 0 Å². The van der Waals surface area contributed by atoms with E-state index in [1.165, 1.54) is 5.56 Å². The fourth-order valence-electron chi connectivity index (χ4n) is 3.08. The highest BCUT2D eigenvalue weighted by atomic mass is 16.5. The lowest BCUT2D eigenvalue weighted by atomic mass is 9.98. The van der Waals surface area contributed by atoms with Gasteiger partial charge in [-0.1, -0.05) is 12.1 Å². The van der Waals surface area contributed by atoms with Gasteiger partial charge in [-0.3, -0.25) is 14.0 Å². The van der Waals surface area contributed by atoms with Gasteiger partial charge in [0.2, 0.25) is 0 Å². The van der Waals surface area contributed by atoms with E-state index in [1.54, 1.807) is 10.8 Å². The van der Waals surface area contributed by atoms with Gasteiger partial charge < -0.3 is 4.74 Å². The van der Waals surface area contributed by atoms with Crippen LogP contribution in [-0.4, -0.2) is 30.3 Å². The molecule has 144 valence electrons. The number of hydrogen-bond acceptors (Lipinski definition) is 5. The van der Waals surface area contributed by atoms with Crippen molar-refractivity contribution in [2.75, 3.05) is 0 Å². The van der Waals surface area contributed by atoms with Crippen molar-refractivity contribution in [1.82, 2.24) is 24.3 Å². The van der Waals surface area contributed by atoms with Crippen LogP contribution in [0.1, 0.15) is 26.3 Å². The van der Waals surface area contributed by atoms with E-state index in [0.717, 1.165) is 22.1 Å². The Labute approximate surface area is 163 Å². The van der Waals surface area contributed by atoms with Crippen molar-refractivity contribution in [3.8, 4) is 11.4 Å². The molecule has 0 spiro atoms. The van der Waals surface area contributed by atoms with E-state index in [-0.39, 0.29) is 12.7 Å². The molecular weight excluding hydrogens is 354 g/mol. The fraction of sp³-hybridized carbons (Fsp3) is 0.333. The summed E-state index contributed by atoms with van der Waals surface area (Å²) in [5.41, 5.74) is 4.62. The predicted octanol–water partition coefficient (Wildman–Crippen LogP) is 3.84. The number of aryl methyl sites for hydroxylation is 2. The van der Waals surface area contributed by atoms with Crippen molar-refractivity contribution in [2.45, 2.75) is 34.4 Å². The standard InChI is InChI=1S/C21H23N5O2/c1-13-6-7-14-17(10-13)25(5)24-18(14)16-11-22-19-15(23-16)8-9-26(19)12-28-20(27)21(2,3)4/h6-11H,12H2,1-5H3. The van der Waals surface area contributed by atoms with E-state index < -0.39 is 5.41 Å². The number of hydrogen-bond donors (Lipinski definition) is 0. The Hall–Kier alpha value is -3.22. The molecule has 0 N–H and O–H groups in total. The van der Waals surface area contributed by atoms with E-state index in [9.17, 15) is 4.79 Å². The molecule has 4 rings (SSSR count). The molecule has 3 aromatic heterocycles. The van der Waals surface area contributed by atoms with Gasteiger partial charge in [0.05, 0.1) is 17.1 Å². The number of ether oxygens (including phenoxy) is 1. The highest BCUT2D eigenvalue weighted by molar-refractivity contribution is 5.93. The molecule has 0 unspecified atom stereocenters. The van der Waals surface area contributed by atoms with Crippen molar-refractivity contribution in [3.05, 3.63) is 42.2 Å². The molecule has 7 heteroatoms. The largest absolute Gasteiger partial charge is 0.443 e. The third-order valence-corrected chi connectivity index (χ3v) is 4.66. The first kappa shape index (κ1) is 18.2. The lowest BCUT2D eigenvalue weighted by Gasteiger charge is -2.16.